The number of methoxy groups -OCH3 is 1. The average Bonchev–Trinajstić information content (AvgIpc) is 2.25. The minimum absolute atomic E-state index is 0.265. The maximum absolute atomic E-state index is 8.66. The predicted octanol–water partition coefficient (Wildman–Crippen LogP) is 0.449. The van der Waals surface area contributed by atoms with Crippen molar-refractivity contribution in [3.05, 3.63) is 29.3 Å². The van der Waals surface area contributed by atoms with E-state index in [9.17, 15) is 0 Å². The molecule has 0 fully saturated rings. The van der Waals surface area contributed by atoms with Gasteiger partial charge < -0.3 is 15.2 Å². The fourth-order valence-corrected chi connectivity index (χ4v) is 1.56. The summed E-state index contributed by atoms with van der Waals surface area (Å²) in [6.07, 6.45) is 0.841. The predicted molar refractivity (Wildman–Crippen MR) is 59.9 cm³/mol. The average molecular weight is 210 g/mol. The quantitative estimate of drug-likeness (QED) is 0.670. The summed E-state index contributed by atoms with van der Waals surface area (Å²) in [5.74, 6) is 0.945. The number of quaternary nitrogens is 1. The zero-order valence-electron chi connectivity index (χ0n) is 9.49. The first-order valence-electron chi connectivity index (χ1n) is 5.34. The smallest absolute Gasteiger partial charge is 0.127 e. The molecule has 3 nitrogen and oxygen atoms in total. The number of ether oxygens (including phenoxy) is 1. The molecule has 0 spiro atoms. The summed E-state index contributed by atoms with van der Waals surface area (Å²) in [5, 5.41) is 10.9. The van der Waals surface area contributed by atoms with Crippen molar-refractivity contribution in [2.45, 2.75) is 19.9 Å². The second kappa shape index (κ2) is 6.43. The molecule has 0 heterocycles. The highest BCUT2D eigenvalue weighted by Crippen LogP contribution is 2.18. The van der Waals surface area contributed by atoms with Crippen LogP contribution in [0.5, 0.6) is 5.75 Å². The highest BCUT2D eigenvalue weighted by molar-refractivity contribution is 5.36. The topological polar surface area (TPSA) is 46.1 Å². The Kier molecular flexibility index (Phi) is 5.15. The Labute approximate surface area is 91.1 Å². The number of hydrogen-bond donors (Lipinski definition) is 2. The molecule has 0 aromatic heterocycles. The van der Waals surface area contributed by atoms with E-state index < -0.39 is 0 Å². The van der Waals surface area contributed by atoms with Crippen molar-refractivity contribution in [1.29, 1.82) is 0 Å². The van der Waals surface area contributed by atoms with Gasteiger partial charge in [0.05, 0.1) is 13.7 Å². The Bertz CT molecular complexity index is 300. The van der Waals surface area contributed by atoms with Crippen LogP contribution in [0.3, 0.4) is 0 Å². The molecule has 0 saturated heterocycles. The summed E-state index contributed by atoms with van der Waals surface area (Å²) >= 11 is 0. The molecule has 3 N–H and O–H groups in total. The van der Waals surface area contributed by atoms with Crippen LogP contribution in [0.15, 0.2) is 18.2 Å². The number of benzene rings is 1. The van der Waals surface area contributed by atoms with Crippen LogP contribution in [0.4, 0.5) is 0 Å². The van der Waals surface area contributed by atoms with Crippen LogP contribution in [-0.4, -0.2) is 25.4 Å². The molecule has 3 heteroatoms. The first kappa shape index (κ1) is 12.0. The summed E-state index contributed by atoms with van der Waals surface area (Å²) in [7, 11) is 1.70. The summed E-state index contributed by atoms with van der Waals surface area (Å²) in [5.41, 5.74) is 2.47. The fraction of sp³-hybridized carbons (Fsp3) is 0.500. The molecule has 0 bridgehead atoms. The molecule has 0 aliphatic heterocycles. The first-order valence-corrected chi connectivity index (χ1v) is 5.34. The van der Waals surface area contributed by atoms with E-state index in [1.54, 1.807) is 7.11 Å². The van der Waals surface area contributed by atoms with E-state index in [-0.39, 0.29) is 6.61 Å². The Morgan fingerprint density at radius 3 is 2.87 bits per heavy atom. The lowest BCUT2D eigenvalue weighted by Crippen LogP contribution is -2.82. The van der Waals surface area contributed by atoms with Gasteiger partial charge in [0.1, 0.15) is 12.3 Å². The van der Waals surface area contributed by atoms with Crippen LogP contribution >= 0.6 is 0 Å². The summed E-state index contributed by atoms with van der Waals surface area (Å²) in [4.78, 5) is 0. The maximum atomic E-state index is 8.66. The van der Waals surface area contributed by atoms with Crippen molar-refractivity contribution >= 4 is 0 Å². The molecule has 0 amide bonds. The molecule has 15 heavy (non-hydrogen) atoms. The number of nitrogens with two attached hydrogens (primary N) is 1. The van der Waals surface area contributed by atoms with Crippen molar-refractivity contribution in [3.63, 3.8) is 0 Å². The van der Waals surface area contributed by atoms with Crippen LogP contribution in [0.25, 0.3) is 0 Å². The molecule has 0 radical (unpaired) electrons. The van der Waals surface area contributed by atoms with Gasteiger partial charge in [-0.2, -0.15) is 0 Å². The third-order valence-electron chi connectivity index (χ3n) is 2.37. The van der Waals surface area contributed by atoms with Crippen molar-refractivity contribution in [1.82, 2.24) is 0 Å². The van der Waals surface area contributed by atoms with Crippen molar-refractivity contribution < 1.29 is 15.2 Å². The molecule has 1 aromatic carbocycles. The number of aryl methyl sites for hydroxylation is 1. The molecule has 1 aromatic rings. The zero-order chi connectivity index (χ0) is 11.1. The fourth-order valence-electron chi connectivity index (χ4n) is 1.56. The zero-order valence-corrected chi connectivity index (χ0v) is 9.49. The Morgan fingerprint density at radius 1 is 1.40 bits per heavy atom. The monoisotopic (exact) mass is 210 g/mol. The van der Waals surface area contributed by atoms with Gasteiger partial charge in [-0.3, -0.25) is 0 Å². The minimum Gasteiger partial charge on any atom is -0.496 e. The summed E-state index contributed by atoms with van der Waals surface area (Å²) < 4.78 is 5.29. The highest BCUT2D eigenvalue weighted by Gasteiger charge is 2.04. The summed E-state index contributed by atoms with van der Waals surface area (Å²) in [6.45, 7) is 4.20. The largest absolute Gasteiger partial charge is 0.496 e. The van der Waals surface area contributed by atoms with Gasteiger partial charge in [0.2, 0.25) is 0 Å². The van der Waals surface area contributed by atoms with Crippen LogP contribution < -0.4 is 10.1 Å². The second-order valence-electron chi connectivity index (χ2n) is 3.67. The van der Waals surface area contributed by atoms with E-state index in [0.717, 1.165) is 25.3 Å². The minimum atomic E-state index is 0.265. The van der Waals surface area contributed by atoms with E-state index in [1.165, 1.54) is 11.1 Å². The number of hydrogen-bond acceptors (Lipinski definition) is 2. The molecule has 0 aliphatic rings. The van der Waals surface area contributed by atoms with Gasteiger partial charge in [-0.1, -0.05) is 11.6 Å². The van der Waals surface area contributed by atoms with E-state index in [4.69, 9.17) is 9.84 Å². The number of aliphatic hydroxyl groups is 1. The van der Waals surface area contributed by atoms with E-state index in [2.05, 4.69) is 24.4 Å². The van der Waals surface area contributed by atoms with Gasteiger partial charge >= 0.3 is 0 Å². The van der Waals surface area contributed by atoms with Crippen LogP contribution in [0, 0.1) is 6.92 Å². The normalized spacial score (nSPS) is 10.3. The lowest BCUT2D eigenvalue weighted by Gasteiger charge is -2.08. The molecule has 0 unspecified atom stereocenters. The van der Waals surface area contributed by atoms with Crippen LogP contribution in [-0.2, 0) is 6.54 Å². The van der Waals surface area contributed by atoms with Gasteiger partial charge in [0, 0.05) is 18.6 Å². The van der Waals surface area contributed by atoms with Crippen molar-refractivity contribution in [2.24, 2.45) is 0 Å². The van der Waals surface area contributed by atoms with Crippen molar-refractivity contribution in [2.75, 3.05) is 20.3 Å². The van der Waals surface area contributed by atoms with E-state index in [0.29, 0.717) is 0 Å². The maximum Gasteiger partial charge on any atom is 0.127 e. The standard InChI is InChI=1S/C12H19NO2/c1-10-4-5-12(15-2)11(8-10)9-13-6-3-7-14/h4-5,8,13-14H,3,6-7,9H2,1-2H3/p+1. The highest BCUT2D eigenvalue weighted by atomic mass is 16.5. The third-order valence-corrected chi connectivity index (χ3v) is 2.37. The number of rotatable bonds is 6. The molecule has 1 rings (SSSR count). The van der Waals surface area contributed by atoms with Gasteiger partial charge in [-0.05, 0) is 19.1 Å². The summed E-state index contributed by atoms with van der Waals surface area (Å²) in [6, 6.07) is 6.20. The lowest BCUT2D eigenvalue weighted by molar-refractivity contribution is -0.671. The Hall–Kier alpha value is -1.06. The molecule has 0 saturated carbocycles. The van der Waals surface area contributed by atoms with Gasteiger partial charge in [-0.15, -0.1) is 0 Å². The number of aliphatic hydroxyl groups excluding tert-OH is 1. The van der Waals surface area contributed by atoms with Crippen molar-refractivity contribution in [3.8, 4) is 5.75 Å². The molecule has 0 aliphatic carbocycles. The Morgan fingerprint density at radius 2 is 2.20 bits per heavy atom. The van der Waals surface area contributed by atoms with Gasteiger partial charge in [0.15, 0.2) is 0 Å². The van der Waals surface area contributed by atoms with E-state index in [1.807, 2.05) is 6.07 Å². The lowest BCUT2D eigenvalue weighted by atomic mass is 10.1. The molecule has 0 atom stereocenters. The first-order chi connectivity index (χ1) is 7.27. The molecular weight excluding hydrogens is 190 g/mol. The SMILES string of the molecule is COc1ccc(C)cc1C[NH2+]CCCO. The van der Waals surface area contributed by atoms with Crippen LogP contribution in [0.1, 0.15) is 17.5 Å². The molecular formula is C12H20NO2+. The van der Waals surface area contributed by atoms with Crippen LogP contribution in [0.2, 0.25) is 0 Å². The Balaban J connectivity index is 2.54. The third kappa shape index (κ3) is 3.90. The molecule has 84 valence electrons. The van der Waals surface area contributed by atoms with E-state index >= 15 is 0 Å². The second-order valence-corrected chi connectivity index (χ2v) is 3.67. The van der Waals surface area contributed by atoms with Gasteiger partial charge in [0.25, 0.3) is 0 Å². The van der Waals surface area contributed by atoms with Gasteiger partial charge in [-0.25, -0.2) is 0 Å².